The minimum Gasteiger partial charge on any atom is -0.324 e. The second-order valence-corrected chi connectivity index (χ2v) is 4.73. The minimum absolute atomic E-state index is 0.00141. The van der Waals surface area contributed by atoms with Crippen molar-refractivity contribution in [1.82, 2.24) is 0 Å². The molecular weight excluding hydrogens is 236 g/mol. The van der Waals surface area contributed by atoms with E-state index >= 15 is 0 Å². The molecule has 2 aromatic carbocycles. The van der Waals surface area contributed by atoms with Crippen LogP contribution in [0, 0.1) is 6.92 Å². The van der Waals surface area contributed by atoms with Crippen molar-refractivity contribution in [3.63, 3.8) is 0 Å². The molecule has 0 spiro atoms. The van der Waals surface area contributed by atoms with E-state index in [0.717, 1.165) is 16.8 Å². The van der Waals surface area contributed by atoms with Crippen molar-refractivity contribution in [2.24, 2.45) is 5.73 Å². The highest BCUT2D eigenvalue weighted by Gasteiger charge is 2.06. The molecule has 2 aromatic rings. The average Bonchev–Trinajstić information content (AvgIpc) is 2.39. The number of hydrogen-bond acceptors (Lipinski definition) is 2. The van der Waals surface area contributed by atoms with Crippen LogP contribution >= 0.6 is 0 Å². The zero-order chi connectivity index (χ0) is 13.8. The first-order valence-electron chi connectivity index (χ1n) is 6.30. The van der Waals surface area contributed by atoms with Crippen molar-refractivity contribution in [1.29, 1.82) is 0 Å². The molecular formula is C16H18N2O. The van der Waals surface area contributed by atoms with Crippen LogP contribution in [0.5, 0.6) is 0 Å². The van der Waals surface area contributed by atoms with Crippen molar-refractivity contribution >= 4 is 11.6 Å². The third kappa shape index (κ3) is 3.42. The molecule has 1 atom stereocenters. The smallest absolute Gasteiger partial charge is 0.255 e. The van der Waals surface area contributed by atoms with Crippen LogP contribution in [0.25, 0.3) is 0 Å². The monoisotopic (exact) mass is 254 g/mol. The molecule has 0 saturated carbocycles. The molecule has 0 bridgehead atoms. The summed E-state index contributed by atoms with van der Waals surface area (Å²) in [6, 6.07) is 15.1. The molecule has 19 heavy (non-hydrogen) atoms. The van der Waals surface area contributed by atoms with Crippen molar-refractivity contribution in [2.45, 2.75) is 19.9 Å². The number of hydrogen-bond donors (Lipinski definition) is 2. The Hall–Kier alpha value is -2.13. The third-order valence-corrected chi connectivity index (χ3v) is 2.97. The van der Waals surface area contributed by atoms with Gasteiger partial charge in [-0.1, -0.05) is 29.8 Å². The molecule has 0 fully saturated rings. The maximum atomic E-state index is 12.0. The predicted octanol–water partition coefficient (Wildman–Crippen LogP) is 3.27. The van der Waals surface area contributed by atoms with E-state index in [1.54, 1.807) is 6.07 Å². The maximum Gasteiger partial charge on any atom is 0.255 e. The predicted molar refractivity (Wildman–Crippen MR) is 78.2 cm³/mol. The number of nitrogens with one attached hydrogen (secondary N) is 1. The van der Waals surface area contributed by atoms with Crippen LogP contribution in [-0.4, -0.2) is 5.91 Å². The van der Waals surface area contributed by atoms with Crippen molar-refractivity contribution in [2.75, 3.05) is 5.32 Å². The van der Waals surface area contributed by atoms with Crippen LogP contribution < -0.4 is 11.1 Å². The summed E-state index contributed by atoms with van der Waals surface area (Å²) in [5.74, 6) is -0.0998. The lowest BCUT2D eigenvalue weighted by Crippen LogP contribution is -2.12. The van der Waals surface area contributed by atoms with E-state index < -0.39 is 0 Å². The second kappa shape index (κ2) is 5.67. The number of benzene rings is 2. The van der Waals surface area contributed by atoms with Gasteiger partial charge < -0.3 is 11.1 Å². The van der Waals surface area contributed by atoms with Gasteiger partial charge in [0.05, 0.1) is 0 Å². The van der Waals surface area contributed by atoms with Gasteiger partial charge in [0.2, 0.25) is 0 Å². The zero-order valence-corrected chi connectivity index (χ0v) is 11.2. The zero-order valence-electron chi connectivity index (χ0n) is 11.2. The van der Waals surface area contributed by atoms with Gasteiger partial charge in [-0.15, -0.1) is 0 Å². The van der Waals surface area contributed by atoms with Crippen LogP contribution in [0.4, 0.5) is 5.69 Å². The average molecular weight is 254 g/mol. The molecule has 1 unspecified atom stereocenters. The second-order valence-electron chi connectivity index (χ2n) is 4.73. The summed E-state index contributed by atoms with van der Waals surface area (Å²) in [7, 11) is 0. The van der Waals surface area contributed by atoms with Crippen LogP contribution in [0.15, 0.2) is 48.5 Å². The summed E-state index contributed by atoms with van der Waals surface area (Å²) in [6.45, 7) is 3.90. The first-order chi connectivity index (χ1) is 9.06. The highest BCUT2D eigenvalue weighted by molar-refractivity contribution is 6.04. The summed E-state index contributed by atoms with van der Waals surface area (Å²) in [4.78, 5) is 12.0. The Balaban J connectivity index is 2.10. The van der Waals surface area contributed by atoms with E-state index in [0.29, 0.717) is 5.56 Å². The topological polar surface area (TPSA) is 55.1 Å². The Kier molecular flexibility index (Phi) is 3.97. The van der Waals surface area contributed by atoms with Crippen LogP contribution in [0.2, 0.25) is 0 Å². The molecule has 3 N–H and O–H groups in total. The van der Waals surface area contributed by atoms with Gasteiger partial charge in [-0.3, -0.25) is 4.79 Å². The number of rotatable bonds is 3. The van der Waals surface area contributed by atoms with Crippen LogP contribution in [0.3, 0.4) is 0 Å². The highest BCUT2D eigenvalue weighted by atomic mass is 16.1. The molecule has 0 aliphatic heterocycles. The van der Waals surface area contributed by atoms with E-state index in [9.17, 15) is 4.79 Å². The quantitative estimate of drug-likeness (QED) is 0.883. The summed E-state index contributed by atoms with van der Waals surface area (Å²) in [5.41, 5.74) is 9.34. The van der Waals surface area contributed by atoms with Gasteiger partial charge in [-0.25, -0.2) is 0 Å². The van der Waals surface area contributed by atoms with Crippen LogP contribution in [-0.2, 0) is 0 Å². The van der Waals surface area contributed by atoms with Gasteiger partial charge in [0, 0.05) is 17.3 Å². The van der Waals surface area contributed by atoms with Gasteiger partial charge in [0.1, 0.15) is 0 Å². The number of nitrogens with two attached hydrogens (primary N) is 1. The molecule has 2 rings (SSSR count). The fraction of sp³-hybridized carbons (Fsp3) is 0.188. The first kappa shape index (κ1) is 13.3. The molecule has 1 amide bonds. The molecule has 3 nitrogen and oxygen atoms in total. The number of carbonyl (C=O) groups is 1. The fourth-order valence-corrected chi connectivity index (χ4v) is 1.86. The summed E-state index contributed by atoms with van der Waals surface area (Å²) in [6.07, 6.45) is 0. The Bertz CT molecular complexity index is 574. The van der Waals surface area contributed by atoms with E-state index in [4.69, 9.17) is 5.73 Å². The largest absolute Gasteiger partial charge is 0.324 e. The van der Waals surface area contributed by atoms with Crippen molar-refractivity contribution in [3.05, 3.63) is 65.2 Å². The Morgan fingerprint density at radius 3 is 2.42 bits per heavy atom. The SMILES string of the molecule is Cc1cccc(C(=O)Nc2ccc(C(C)N)cc2)c1. The van der Waals surface area contributed by atoms with E-state index in [-0.39, 0.29) is 11.9 Å². The van der Waals surface area contributed by atoms with E-state index in [1.165, 1.54) is 0 Å². The Morgan fingerprint density at radius 1 is 1.16 bits per heavy atom. The molecule has 0 saturated heterocycles. The standard InChI is InChI=1S/C16H18N2O/c1-11-4-3-5-14(10-11)16(19)18-15-8-6-13(7-9-15)12(2)17/h3-10,12H,17H2,1-2H3,(H,18,19). The van der Waals surface area contributed by atoms with Crippen LogP contribution in [0.1, 0.15) is 34.5 Å². The lowest BCUT2D eigenvalue weighted by molar-refractivity contribution is 0.102. The lowest BCUT2D eigenvalue weighted by atomic mass is 10.1. The number of anilines is 1. The lowest BCUT2D eigenvalue weighted by Gasteiger charge is -2.08. The molecule has 0 radical (unpaired) electrons. The van der Waals surface area contributed by atoms with E-state index in [2.05, 4.69) is 5.32 Å². The molecule has 0 aliphatic carbocycles. The summed E-state index contributed by atoms with van der Waals surface area (Å²) < 4.78 is 0. The minimum atomic E-state index is -0.0998. The summed E-state index contributed by atoms with van der Waals surface area (Å²) in [5, 5.41) is 2.87. The maximum absolute atomic E-state index is 12.0. The summed E-state index contributed by atoms with van der Waals surface area (Å²) >= 11 is 0. The Labute approximate surface area is 113 Å². The van der Waals surface area contributed by atoms with Gasteiger partial charge in [-0.05, 0) is 43.7 Å². The van der Waals surface area contributed by atoms with E-state index in [1.807, 2.05) is 56.3 Å². The number of aryl methyl sites for hydroxylation is 1. The first-order valence-corrected chi connectivity index (χ1v) is 6.30. The number of carbonyl (C=O) groups excluding carboxylic acids is 1. The molecule has 0 aromatic heterocycles. The number of amides is 1. The van der Waals surface area contributed by atoms with Gasteiger partial charge >= 0.3 is 0 Å². The molecule has 0 aliphatic rings. The molecule has 3 heteroatoms. The van der Waals surface area contributed by atoms with Crippen molar-refractivity contribution < 1.29 is 4.79 Å². The van der Waals surface area contributed by atoms with Gasteiger partial charge in [-0.2, -0.15) is 0 Å². The van der Waals surface area contributed by atoms with Gasteiger partial charge in [0.15, 0.2) is 0 Å². The van der Waals surface area contributed by atoms with Crippen molar-refractivity contribution in [3.8, 4) is 0 Å². The Morgan fingerprint density at radius 2 is 1.84 bits per heavy atom. The molecule has 0 heterocycles. The normalized spacial score (nSPS) is 11.9. The third-order valence-electron chi connectivity index (χ3n) is 2.97. The molecule has 98 valence electrons. The van der Waals surface area contributed by atoms with Gasteiger partial charge in [0.25, 0.3) is 5.91 Å². The fourth-order valence-electron chi connectivity index (χ4n) is 1.86. The highest BCUT2D eigenvalue weighted by Crippen LogP contribution is 2.15.